The van der Waals surface area contributed by atoms with Crippen LogP contribution in [0.4, 0.5) is 10.7 Å². The summed E-state index contributed by atoms with van der Waals surface area (Å²) in [5, 5.41) is 20.0. The quantitative estimate of drug-likeness (QED) is 0.615. The summed E-state index contributed by atoms with van der Waals surface area (Å²) < 4.78 is 0.504. The van der Waals surface area contributed by atoms with Crippen LogP contribution in [0.25, 0.3) is 10.1 Å². The Labute approximate surface area is 93.1 Å². The molecule has 0 radical (unpaired) electrons. The van der Waals surface area contributed by atoms with Gasteiger partial charge >= 0.3 is 5.97 Å². The maximum absolute atomic E-state index is 10.9. The zero-order valence-corrected chi connectivity index (χ0v) is 8.65. The minimum absolute atomic E-state index is 0.00916. The van der Waals surface area contributed by atoms with Gasteiger partial charge in [0.1, 0.15) is 10.6 Å². The Morgan fingerprint density at radius 1 is 1.50 bits per heavy atom. The standard InChI is InChI=1S/C9H6N2O4S/c10-8-7(9(12)13)5-2-1-4(11(14)15)3-6(5)16-8/h1-3H,10H2,(H,12,13). The summed E-state index contributed by atoms with van der Waals surface area (Å²) in [6.45, 7) is 0. The fourth-order valence-electron chi connectivity index (χ4n) is 1.44. The number of carbonyl (C=O) groups is 1. The molecule has 0 saturated heterocycles. The van der Waals surface area contributed by atoms with Crippen LogP contribution in [0, 0.1) is 10.1 Å². The van der Waals surface area contributed by atoms with Gasteiger partial charge in [-0.1, -0.05) is 0 Å². The van der Waals surface area contributed by atoms with E-state index in [0.717, 1.165) is 11.3 Å². The summed E-state index contributed by atoms with van der Waals surface area (Å²) in [6, 6.07) is 3.99. The van der Waals surface area contributed by atoms with Crippen LogP contribution in [-0.4, -0.2) is 16.0 Å². The van der Waals surface area contributed by atoms with E-state index in [2.05, 4.69) is 0 Å². The minimum Gasteiger partial charge on any atom is -0.478 e. The number of hydrogen-bond donors (Lipinski definition) is 2. The van der Waals surface area contributed by atoms with E-state index in [0.29, 0.717) is 10.1 Å². The zero-order valence-electron chi connectivity index (χ0n) is 7.84. The Bertz CT molecular complexity index is 605. The van der Waals surface area contributed by atoms with E-state index in [9.17, 15) is 14.9 Å². The molecule has 1 heterocycles. The number of aromatic carboxylic acids is 1. The highest BCUT2D eigenvalue weighted by Crippen LogP contribution is 2.35. The molecule has 0 aliphatic heterocycles. The van der Waals surface area contributed by atoms with Gasteiger partial charge in [0, 0.05) is 22.2 Å². The van der Waals surface area contributed by atoms with E-state index >= 15 is 0 Å². The van der Waals surface area contributed by atoms with Crippen molar-refractivity contribution < 1.29 is 14.8 Å². The minimum atomic E-state index is -1.13. The summed E-state index contributed by atoms with van der Waals surface area (Å²) in [6.07, 6.45) is 0. The van der Waals surface area contributed by atoms with Gasteiger partial charge in [0.15, 0.2) is 0 Å². The van der Waals surface area contributed by atoms with Gasteiger partial charge in [-0.15, -0.1) is 11.3 Å². The highest BCUT2D eigenvalue weighted by atomic mass is 32.1. The molecule has 0 bridgehead atoms. The fraction of sp³-hybridized carbons (Fsp3) is 0. The molecule has 0 saturated carbocycles. The first-order valence-corrected chi connectivity index (χ1v) is 5.02. The van der Waals surface area contributed by atoms with E-state index in [1.165, 1.54) is 18.2 Å². The molecule has 0 spiro atoms. The average molecular weight is 238 g/mol. The van der Waals surface area contributed by atoms with Gasteiger partial charge in [-0.3, -0.25) is 10.1 Å². The second-order valence-corrected chi connectivity index (χ2v) is 4.17. The van der Waals surface area contributed by atoms with Gasteiger partial charge in [-0.2, -0.15) is 0 Å². The van der Waals surface area contributed by atoms with Crippen molar-refractivity contribution in [2.24, 2.45) is 0 Å². The second-order valence-electron chi connectivity index (χ2n) is 3.08. The monoisotopic (exact) mass is 238 g/mol. The Balaban J connectivity index is 2.75. The average Bonchev–Trinajstić information content (AvgIpc) is 2.51. The van der Waals surface area contributed by atoms with Crippen LogP contribution in [0.3, 0.4) is 0 Å². The lowest BCUT2D eigenvalue weighted by Crippen LogP contribution is -1.98. The van der Waals surface area contributed by atoms with Crippen LogP contribution >= 0.6 is 11.3 Å². The number of anilines is 1. The largest absolute Gasteiger partial charge is 0.478 e. The lowest BCUT2D eigenvalue weighted by atomic mass is 10.1. The van der Waals surface area contributed by atoms with Crippen LogP contribution in [0.5, 0.6) is 0 Å². The van der Waals surface area contributed by atoms with Gasteiger partial charge < -0.3 is 10.8 Å². The third-order valence-electron chi connectivity index (χ3n) is 2.13. The Kier molecular flexibility index (Phi) is 2.24. The molecule has 6 nitrogen and oxygen atoms in total. The molecular weight excluding hydrogens is 232 g/mol. The smallest absolute Gasteiger partial charge is 0.339 e. The first-order chi connectivity index (χ1) is 7.50. The number of fused-ring (bicyclic) bond motifs is 1. The molecule has 2 rings (SSSR count). The summed E-state index contributed by atoms with van der Waals surface area (Å²) in [5.74, 6) is -1.13. The molecule has 16 heavy (non-hydrogen) atoms. The molecule has 0 fully saturated rings. The SMILES string of the molecule is Nc1sc2cc([N+](=O)[O-])ccc2c1C(=O)O. The van der Waals surface area contributed by atoms with Gasteiger partial charge in [0.25, 0.3) is 5.69 Å². The molecule has 0 aliphatic carbocycles. The number of rotatable bonds is 2. The van der Waals surface area contributed by atoms with E-state index < -0.39 is 10.9 Å². The van der Waals surface area contributed by atoms with Crippen molar-refractivity contribution in [2.45, 2.75) is 0 Å². The van der Waals surface area contributed by atoms with Gasteiger partial charge in [-0.25, -0.2) is 4.79 Å². The number of nitrogens with two attached hydrogens (primary N) is 1. The van der Waals surface area contributed by atoms with Gasteiger partial charge in [0.2, 0.25) is 0 Å². The number of thiophene rings is 1. The number of nitrogen functional groups attached to an aromatic ring is 1. The molecule has 1 aromatic carbocycles. The number of nitro benzene ring substituents is 1. The molecule has 0 unspecified atom stereocenters. The molecule has 2 aromatic rings. The van der Waals surface area contributed by atoms with Crippen LogP contribution in [0.1, 0.15) is 10.4 Å². The second kappa shape index (κ2) is 3.46. The third-order valence-corrected chi connectivity index (χ3v) is 3.11. The van der Waals surface area contributed by atoms with E-state index in [1.54, 1.807) is 0 Å². The lowest BCUT2D eigenvalue weighted by molar-refractivity contribution is -0.384. The number of carboxylic acid groups (broad SMARTS) is 1. The van der Waals surface area contributed by atoms with E-state index in [-0.39, 0.29) is 16.3 Å². The van der Waals surface area contributed by atoms with Crippen molar-refractivity contribution in [1.82, 2.24) is 0 Å². The topological polar surface area (TPSA) is 106 Å². The molecule has 1 aromatic heterocycles. The Hall–Kier alpha value is -2.15. The van der Waals surface area contributed by atoms with Crippen molar-refractivity contribution in [3.63, 3.8) is 0 Å². The van der Waals surface area contributed by atoms with Gasteiger partial charge in [-0.05, 0) is 6.07 Å². The molecule has 0 atom stereocenters. The van der Waals surface area contributed by atoms with Crippen LogP contribution in [0.15, 0.2) is 18.2 Å². The Morgan fingerprint density at radius 3 is 2.75 bits per heavy atom. The van der Waals surface area contributed by atoms with Crippen molar-refractivity contribution in [3.8, 4) is 0 Å². The summed E-state index contributed by atoms with van der Waals surface area (Å²) in [5.41, 5.74) is 5.48. The number of carboxylic acids is 1. The maximum Gasteiger partial charge on any atom is 0.339 e. The van der Waals surface area contributed by atoms with E-state index in [4.69, 9.17) is 10.8 Å². The number of nitrogens with zero attached hydrogens (tertiary/aromatic N) is 1. The maximum atomic E-state index is 10.9. The Morgan fingerprint density at radius 2 is 2.19 bits per heavy atom. The molecule has 0 amide bonds. The molecular formula is C9H6N2O4S. The fourth-order valence-corrected chi connectivity index (χ4v) is 2.43. The van der Waals surface area contributed by atoms with Crippen LogP contribution in [-0.2, 0) is 0 Å². The lowest BCUT2D eigenvalue weighted by Gasteiger charge is -1.93. The first kappa shape index (κ1) is 10.4. The van der Waals surface area contributed by atoms with Crippen LogP contribution < -0.4 is 5.73 Å². The van der Waals surface area contributed by atoms with E-state index in [1.807, 2.05) is 0 Å². The molecule has 82 valence electrons. The summed E-state index contributed by atoms with van der Waals surface area (Å²) >= 11 is 1.03. The normalized spacial score (nSPS) is 10.5. The molecule has 0 aliphatic rings. The summed E-state index contributed by atoms with van der Waals surface area (Å²) in [7, 11) is 0. The van der Waals surface area contributed by atoms with Crippen molar-refractivity contribution in [2.75, 3.05) is 5.73 Å². The number of non-ortho nitro benzene ring substituents is 1. The van der Waals surface area contributed by atoms with Crippen molar-refractivity contribution in [3.05, 3.63) is 33.9 Å². The van der Waals surface area contributed by atoms with Crippen molar-refractivity contribution in [1.29, 1.82) is 0 Å². The summed E-state index contributed by atoms with van der Waals surface area (Å²) in [4.78, 5) is 20.9. The highest BCUT2D eigenvalue weighted by molar-refractivity contribution is 7.23. The zero-order chi connectivity index (χ0) is 11.9. The molecule has 3 N–H and O–H groups in total. The van der Waals surface area contributed by atoms with Crippen LogP contribution in [0.2, 0.25) is 0 Å². The number of hydrogen-bond acceptors (Lipinski definition) is 5. The highest BCUT2D eigenvalue weighted by Gasteiger charge is 2.18. The predicted molar refractivity (Wildman–Crippen MR) is 59.9 cm³/mol. The first-order valence-electron chi connectivity index (χ1n) is 4.20. The molecule has 7 heteroatoms. The van der Waals surface area contributed by atoms with Crippen molar-refractivity contribution >= 4 is 38.1 Å². The number of benzene rings is 1. The van der Waals surface area contributed by atoms with Gasteiger partial charge in [0.05, 0.1) is 4.92 Å². The predicted octanol–water partition coefficient (Wildman–Crippen LogP) is 2.09. The number of nitro groups is 1. The third kappa shape index (κ3) is 1.47.